The SMILES string of the molecule is COCCNC(=O)C(C(=O)c1ccc(F)cc1)n1cc(Cl)ccc1=O. The van der Waals surface area contributed by atoms with Crippen LogP contribution in [0.25, 0.3) is 0 Å². The van der Waals surface area contributed by atoms with Crippen molar-refractivity contribution in [3.05, 3.63) is 69.4 Å². The van der Waals surface area contributed by atoms with Crippen LogP contribution in [0.2, 0.25) is 5.02 Å². The molecule has 0 fully saturated rings. The lowest BCUT2D eigenvalue weighted by atomic mass is 10.0. The number of benzene rings is 1. The summed E-state index contributed by atoms with van der Waals surface area (Å²) in [7, 11) is 1.47. The van der Waals surface area contributed by atoms with Gasteiger partial charge in [-0.3, -0.25) is 19.0 Å². The third-order valence-electron chi connectivity index (χ3n) is 3.41. The van der Waals surface area contributed by atoms with E-state index in [4.69, 9.17) is 16.3 Å². The van der Waals surface area contributed by atoms with Crippen molar-refractivity contribution < 1.29 is 18.7 Å². The van der Waals surface area contributed by atoms with Gasteiger partial charge in [-0.15, -0.1) is 0 Å². The van der Waals surface area contributed by atoms with E-state index in [-0.39, 0.29) is 23.7 Å². The first kappa shape index (κ1) is 18.8. The highest BCUT2D eigenvalue weighted by Gasteiger charge is 2.30. The summed E-state index contributed by atoms with van der Waals surface area (Å²) >= 11 is 5.89. The number of ether oxygens (including phenoxy) is 1. The van der Waals surface area contributed by atoms with Crippen LogP contribution in [-0.2, 0) is 9.53 Å². The lowest BCUT2D eigenvalue weighted by molar-refractivity contribution is -0.123. The van der Waals surface area contributed by atoms with Crippen LogP contribution in [0.1, 0.15) is 16.4 Å². The highest BCUT2D eigenvalue weighted by molar-refractivity contribution is 6.30. The zero-order valence-electron chi connectivity index (χ0n) is 13.4. The molecular formula is C17H16ClFN2O4. The molecule has 0 saturated carbocycles. The number of hydrogen-bond acceptors (Lipinski definition) is 4. The molecule has 132 valence electrons. The van der Waals surface area contributed by atoms with Gasteiger partial charge in [-0.1, -0.05) is 11.6 Å². The minimum absolute atomic E-state index is 0.0974. The van der Waals surface area contributed by atoms with Gasteiger partial charge >= 0.3 is 0 Å². The summed E-state index contributed by atoms with van der Waals surface area (Å²) in [5.41, 5.74) is -0.466. The van der Waals surface area contributed by atoms with E-state index in [1.165, 1.54) is 31.5 Å². The number of nitrogens with one attached hydrogen (secondary N) is 1. The molecule has 0 aliphatic carbocycles. The number of nitrogens with zero attached hydrogens (tertiary/aromatic N) is 1. The quantitative estimate of drug-likeness (QED) is 0.460. The molecule has 0 bridgehead atoms. The van der Waals surface area contributed by atoms with Crippen molar-refractivity contribution in [2.24, 2.45) is 0 Å². The van der Waals surface area contributed by atoms with Crippen LogP contribution in [0.15, 0.2) is 47.4 Å². The molecule has 1 N–H and O–H groups in total. The molecule has 1 unspecified atom stereocenters. The van der Waals surface area contributed by atoms with E-state index in [0.29, 0.717) is 0 Å². The summed E-state index contributed by atoms with van der Waals surface area (Å²) in [5.74, 6) is -1.85. The van der Waals surface area contributed by atoms with Gasteiger partial charge in [0.2, 0.25) is 0 Å². The number of pyridine rings is 1. The molecule has 1 aromatic heterocycles. The van der Waals surface area contributed by atoms with Crippen molar-refractivity contribution >= 4 is 23.3 Å². The first-order valence-electron chi connectivity index (χ1n) is 7.38. The second kappa shape index (κ2) is 8.55. The van der Waals surface area contributed by atoms with Crippen molar-refractivity contribution in [2.45, 2.75) is 6.04 Å². The van der Waals surface area contributed by atoms with Gasteiger partial charge in [0.1, 0.15) is 5.82 Å². The molecule has 0 spiro atoms. The minimum Gasteiger partial charge on any atom is -0.383 e. The summed E-state index contributed by atoms with van der Waals surface area (Å²) in [6.07, 6.45) is 1.21. The largest absolute Gasteiger partial charge is 0.383 e. The van der Waals surface area contributed by atoms with E-state index in [2.05, 4.69) is 5.32 Å². The van der Waals surface area contributed by atoms with Gasteiger partial charge in [0.05, 0.1) is 11.6 Å². The zero-order chi connectivity index (χ0) is 18.4. The Morgan fingerprint density at radius 2 is 1.92 bits per heavy atom. The summed E-state index contributed by atoms with van der Waals surface area (Å²) in [5, 5.41) is 2.72. The molecule has 0 radical (unpaired) electrons. The Hall–Kier alpha value is -2.51. The van der Waals surface area contributed by atoms with E-state index in [1.807, 2.05) is 0 Å². The predicted molar refractivity (Wildman–Crippen MR) is 90.4 cm³/mol. The van der Waals surface area contributed by atoms with E-state index >= 15 is 0 Å². The zero-order valence-corrected chi connectivity index (χ0v) is 14.1. The second-order valence-corrected chi connectivity index (χ2v) is 5.59. The number of rotatable bonds is 7. The molecular weight excluding hydrogens is 351 g/mol. The fourth-order valence-corrected chi connectivity index (χ4v) is 2.36. The standard InChI is InChI=1S/C17H16ClFN2O4/c1-25-9-8-20-17(24)15(21-10-12(18)4-7-14(21)22)16(23)11-2-5-13(19)6-3-11/h2-7,10,15H,8-9H2,1H3,(H,20,24). The Morgan fingerprint density at radius 1 is 1.24 bits per heavy atom. The number of Topliss-reactive ketones (excluding diaryl/α,β-unsaturated/α-hetero) is 1. The van der Waals surface area contributed by atoms with E-state index in [1.54, 1.807) is 0 Å². The number of hydrogen-bond donors (Lipinski definition) is 1. The molecule has 1 atom stereocenters. The van der Waals surface area contributed by atoms with Crippen molar-refractivity contribution in [3.8, 4) is 0 Å². The Morgan fingerprint density at radius 3 is 2.56 bits per heavy atom. The predicted octanol–water partition coefficient (Wildman–Crippen LogP) is 1.83. The van der Waals surface area contributed by atoms with E-state index in [9.17, 15) is 18.8 Å². The lowest BCUT2D eigenvalue weighted by Gasteiger charge is -2.18. The molecule has 25 heavy (non-hydrogen) atoms. The third kappa shape index (κ3) is 4.74. The van der Waals surface area contributed by atoms with Crippen LogP contribution < -0.4 is 10.9 Å². The summed E-state index contributed by atoms with van der Waals surface area (Å²) in [4.78, 5) is 37.4. The Labute approximate surface area is 148 Å². The number of ketones is 1. The summed E-state index contributed by atoms with van der Waals surface area (Å²) in [6, 6.07) is 5.78. The number of carbonyl (C=O) groups excluding carboxylic acids is 2. The molecule has 2 aromatic rings. The van der Waals surface area contributed by atoms with Gasteiger partial charge in [-0.05, 0) is 30.3 Å². The molecule has 8 heteroatoms. The van der Waals surface area contributed by atoms with Crippen LogP contribution in [0, 0.1) is 5.82 Å². The number of methoxy groups -OCH3 is 1. The summed E-state index contributed by atoms with van der Waals surface area (Å²) < 4.78 is 18.9. The fraction of sp³-hybridized carbons (Fsp3) is 0.235. The minimum atomic E-state index is -1.46. The highest BCUT2D eigenvalue weighted by atomic mass is 35.5. The van der Waals surface area contributed by atoms with Gasteiger partial charge in [-0.25, -0.2) is 4.39 Å². The molecule has 1 heterocycles. The number of aromatic nitrogens is 1. The van der Waals surface area contributed by atoms with Gasteiger partial charge in [0.15, 0.2) is 11.8 Å². The molecule has 6 nitrogen and oxygen atoms in total. The van der Waals surface area contributed by atoms with Gasteiger partial charge in [0.25, 0.3) is 11.5 Å². The third-order valence-corrected chi connectivity index (χ3v) is 3.63. The Balaban J connectivity index is 2.42. The van der Waals surface area contributed by atoms with Crippen molar-refractivity contribution in [1.82, 2.24) is 9.88 Å². The van der Waals surface area contributed by atoms with Gasteiger partial charge in [0, 0.05) is 31.5 Å². The first-order valence-corrected chi connectivity index (χ1v) is 7.76. The molecule has 2 rings (SSSR count). The van der Waals surface area contributed by atoms with E-state index in [0.717, 1.165) is 22.8 Å². The normalized spacial score (nSPS) is 11.8. The topological polar surface area (TPSA) is 77.4 Å². The Kier molecular flexibility index (Phi) is 6.44. The maximum atomic E-state index is 13.1. The molecule has 1 aromatic carbocycles. The highest BCUT2D eigenvalue weighted by Crippen LogP contribution is 2.16. The second-order valence-electron chi connectivity index (χ2n) is 5.15. The van der Waals surface area contributed by atoms with Crippen molar-refractivity contribution in [2.75, 3.05) is 20.3 Å². The van der Waals surface area contributed by atoms with Crippen LogP contribution >= 0.6 is 11.6 Å². The van der Waals surface area contributed by atoms with Crippen LogP contribution in [0.5, 0.6) is 0 Å². The maximum Gasteiger partial charge on any atom is 0.251 e. The monoisotopic (exact) mass is 366 g/mol. The van der Waals surface area contributed by atoms with Crippen molar-refractivity contribution in [3.63, 3.8) is 0 Å². The molecule has 0 aliphatic rings. The summed E-state index contributed by atoms with van der Waals surface area (Å²) in [6.45, 7) is 0.408. The van der Waals surface area contributed by atoms with Crippen LogP contribution in [0.3, 0.4) is 0 Å². The van der Waals surface area contributed by atoms with Gasteiger partial charge in [-0.2, -0.15) is 0 Å². The number of amides is 1. The van der Waals surface area contributed by atoms with Gasteiger partial charge < -0.3 is 10.1 Å². The maximum absolute atomic E-state index is 13.1. The average Bonchev–Trinajstić information content (AvgIpc) is 2.59. The fourth-order valence-electron chi connectivity index (χ4n) is 2.19. The molecule has 0 saturated heterocycles. The first-order chi connectivity index (χ1) is 11.9. The van der Waals surface area contributed by atoms with E-state index < -0.39 is 29.1 Å². The van der Waals surface area contributed by atoms with Crippen molar-refractivity contribution in [1.29, 1.82) is 0 Å². The smallest absolute Gasteiger partial charge is 0.251 e. The lowest BCUT2D eigenvalue weighted by Crippen LogP contribution is -2.42. The molecule has 1 amide bonds. The number of carbonyl (C=O) groups is 2. The van der Waals surface area contributed by atoms with Crippen LogP contribution in [0.4, 0.5) is 4.39 Å². The Bertz CT molecular complexity index is 820. The number of halogens is 2. The molecule has 0 aliphatic heterocycles. The average molecular weight is 367 g/mol. The van der Waals surface area contributed by atoms with Crippen LogP contribution in [-0.4, -0.2) is 36.5 Å².